The van der Waals surface area contributed by atoms with Gasteiger partial charge in [0.1, 0.15) is 5.78 Å². The molecule has 2 unspecified atom stereocenters. The minimum atomic E-state index is -2.09. The van der Waals surface area contributed by atoms with Crippen LogP contribution in [0, 0.1) is 17.3 Å². The number of Topliss-reactive ketones (excluding diaryl/α,β-unsaturated/α-hetero) is 1. The van der Waals surface area contributed by atoms with Gasteiger partial charge in [0.05, 0.1) is 23.7 Å². The quantitative estimate of drug-likeness (QED) is 0.0735. The molecule has 0 radical (unpaired) electrons. The minimum absolute atomic E-state index is 0.0262. The summed E-state index contributed by atoms with van der Waals surface area (Å²) < 4.78 is 19.9. The van der Waals surface area contributed by atoms with Gasteiger partial charge in [0.2, 0.25) is 0 Å². The van der Waals surface area contributed by atoms with Gasteiger partial charge in [-0.3, -0.25) is 9.59 Å². The summed E-state index contributed by atoms with van der Waals surface area (Å²) in [6.07, 6.45) is 17.4. The zero-order chi connectivity index (χ0) is 35.3. The first kappa shape index (κ1) is 40.4. The van der Waals surface area contributed by atoms with Crippen LogP contribution >= 0.6 is 22.9 Å². The van der Waals surface area contributed by atoms with Crippen LogP contribution in [0.3, 0.4) is 0 Å². The molecule has 0 saturated heterocycles. The number of methoxy groups -OCH3 is 1. The van der Waals surface area contributed by atoms with E-state index in [4.69, 9.17) is 25.2 Å². The van der Waals surface area contributed by atoms with Crippen LogP contribution in [0.4, 0.5) is 0 Å². The van der Waals surface area contributed by atoms with E-state index in [1.54, 1.807) is 11.3 Å². The Balaban J connectivity index is 1.88. The molecular weight excluding hydrogens is 660 g/mol. The molecule has 2 fully saturated rings. The predicted molar refractivity (Wildman–Crippen MR) is 203 cm³/mol. The highest BCUT2D eigenvalue weighted by molar-refractivity contribution is 7.16. The normalized spacial score (nSPS) is 23.1. The van der Waals surface area contributed by atoms with Crippen molar-refractivity contribution in [2.45, 2.75) is 154 Å². The van der Waals surface area contributed by atoms with Gasteiger partial charge in [0.15, 0.2) is 16.6 Å². The van der Waals surface area contributed by atoms with Crippen molar-refractivity contribution in [3.8, 4) is 0 Å². The molecule has 2 saturated carbocycles. The summed E-state index contributed by atoms with van der Waals surface area (Å²) in [5.74, 6) is 0.0300. The second kappa shape index (κ2) is 16.3. The van der Waals surface area contributed by atoms with Crippen LogP contribution in [0.15, 0.2) is 36.4 Å². The second-order valence-electron chi connectivity index (χ2n) is 17.1. The van der Waals surface area contributed by atoms with Crippen LogP contribution in [0.2, 0.25) is 40.6 Å². The van der Waals surface area contributed by atoms with Gasteiger partial charge in [-0.05, 0) is 93.3 Å². The fourth-order valence-electron chi connectivity index (χ4n) is 6.36. The van der Waals surface area contributed by atoms with Crippen molar-refractivity contribution in [1.29, 1.82) is 0 Å². The van der Waals surface area contributed by atoms with Crippen molar-refractivity contribution in [2.24, 2.45) is 17.3 Å². The molecule has 0 amide bonds. The number of unbranched alkanes of at least 4 members (excludes halogenated alkanes) is 1. The van der Waals surface area contributed by atoms with E-state index in [2.05, 4.69) is 98.1 Å². The average Bonchev–Trinajstić information content (AvgIpc) is 3.47. The molecule has 9 heteroatoms. The van der Waals surface area contributed by atoms with E-state index >= 15 is 0 Å². The maximum Gasteiger partial charge on any atom is 0.305 e. The zero-order valence-electron chi connectivity index (χ0n) is 31.2. The fourth-order valence-corrected chi connectivity index (χ4v) is 10.4. The van der Waals surface area contributed by atoms with Crippen LogP contribution in [-0.2, 0) is 29.6 Å². The van der Waals surface area contributed by atoms with Crippen LogP contribution < -0.4 is 0 Å². The summed E-state index contributed by atoms with van der Waals surface area (Å²) in [5.41, 5.74) is 0.100. The molecule has 0 aliphatic heterocycles. The highest BCUT2D eigenvalue weighted by Gasteiger charge is 2.50. The lowest BCUT2D eigenvalue weighted by Gasteiger charge is -2.51. The molecule has 0 bridgehead atoms. The van der Waals surface area contributed by atoms with E-state index in [1.807, 2.05) is 6.07 Å². The first-order valence-electron chi connectivity index (χ1n) is 17.7. The lowest BCUT2D eigenvalue weighted by atomic mass is 9.62. The lowest BCUT2D eigenvalue weighted by molar-refractivity contribution is -0.140. The van der Waals surface area contributed by atoms with Gasteiger partial charge >= 0.3 is 5.97 Å². The number of carbonyl (C=O) groups is 2. The number of hydrogen-bond acceptors (Lipinski definition) is 6. The Morgan fingerprint density at radius 3 is 2.23 bits per heavy atom. The van der Waals surface area contributed by atoms with Crippen molar-refractivity contribution < 1.29 is 23.2 Å². The maximum absolute atomic E-state index is 13.6. The molecule has 0 N–H and O–H groups in total. The smallest absolute Gasteiger partial charge is 0.305 e. The first-order chi connectivity index (χ1) is 21.7. The van der Waals surface area contributed by atoms with Crippen LogP contribution in [-0.4, -0.2) is 47.7 Å². The maximum atomic E-state index is 13.6. The molecule has 0 aromatic carbocycles. The van der Waals surface area contributed by atoms with Crippen molar-refractivity contribution in [2.75, 3.05) is 7.11 Å². The van der Waals surface area contributed by atoms with Crippen molar-refractivity contribution in [3.05, 3.63) is 45.7 Å². The van der Waals surface area contributed by atoms with Crippen molar-refractivity contribution >= 4 is 51.3 Å². The van der Waals surface area contributed by atoms with Gasteiger partial charge in [-0.25, -0.2) is 0 Å². The Morgan fingerprint density at radius 1 is 1.04 bits per heavy atom. The molecule has 1 aromatic rings. The van der Waals surface area contributed by atoms with Crippen molar-refractivity contribution in [3.63, 3.8) is 0 Å². The Labute approximate surface area is 297 Å². The van der Waals surface area contributed by atoms with E-state index in [0.29, 0.717) is 25.0 Å². The molecule has 266 valence electrons. The second-order valence-corrected chi connectivity index (χ2v) is 28.4. The average molecular weight is 724 g/mol. The van der Waals surface area contributed by atoms with Crippen LogP contribution in [0.25, 0.3) is 0 Å². The summed E-state index contributed by atoms with van der Waals surface area (Å²) >= 11 is 8.06. The van der Waals surface area contributed by atoms with Crippen LogP contribution in [0.5, 0.6) is 0 Å². The largest absolute Gasteiger partial charge is 0.469 e. The summed E-state index contributed by atoms with van der Waals surface area (Å²) in [5, 5.41) is 0.172. The molecule has 1 aromatic heterocycles. The van der Waals surface area contributed by atoms with Gasteiger partial charge in [-0.2, -0.15) is 0 Å². The molecular formula is C38H63ClO5SSi2. The summed E-state index contributed by atoms with van der Waals surface area (Å²) in [6, 6.07) is 4.21. The number of ketones is 1. The Bertz CT molecular complexity index is 1250. The molecule has 2 aliphatic carbocycles. The van der Waals surface area contributed by atoms with Gasteiger partial charge in [0.25, 0.3) is 0 Å². The van der Waals surface area contributed by atoms with Gasteiger partial charge in [-0.1, -0.05) is 83.9 Å². The molecule has 47 heavy (non-hydrogen) atoms. The predicted octanol–water partition coefficient (Wildman–Crippen LogP) is 11.3. The molecule has 0 spiro atoms. The number of allylic oxidation sites excluding steroid dienone is 2. The molecule has 4 atom stereocenters. The number of carbonyl (C=O) groups excluding carboxylic acids is 2. The standard InChI is InChI=1S/C38H63ClO5SSi2/c1-36(2,3)46(8,9)43-32-26-31(40)29(18-14-12-13-15-21-35(41)42-7)30(32)19-16-20-33(44-47(10,11)37(4,5)6)38(24-17-25-38)27-28-22-23-34(39)45-28/h12,14,16,19,22-23,29-30,32-33H,13,15,17-18,20-21,24-27H2,1-11H3/b14-12-,19-16+/t29-,30-,32?,33?/m1/s1. The van der Waals surface area contributed by atoms with E-state index in [0.717, 1.165) is 42.9 Å². The summed E-state index contributed by atoms with van der Waals surface area (Å²) in [7, 11) is -2.72. The highest BCUT2D eigenvalue weighted by atomic mass is 35.5. The van der Waals surface area contributed by atoms with E-state index in [1.165, 1.54) is 18.4 Å². The van der Waals surface area contributed by atoms with E-state index < -0.39 is 16.6 Å². The Morgan fingerprint density at radius 2 is 1.70 bits per heavy atom. The third-order valence-electron chi connectivity index (χ3n) is 11.6. The number of halogens is 1. The number of thiophene rings is 1. The van der Waals surface area contributed by atoms with Gasteiger partial charge in [0, 0.05) is 35.0 Å². The molecule has 2 aliphatic rings. The minimum Gasteiger partial charge on any atom is -0.469 e. The fraction of sp³-hybridized carbons (Fsp3) is 0.737. The van der Waals surface area contributed by atoms with E-state index in [-0.39, 0.29) is 45.5 Å². The molecule has 5 nitrogen and oxygen atoms in total. The molecule has 3 rings (SSSR count). The van der Waals surface area contributed by atoms with Crippen LogP contribution in [0.1, 0.15) is 104 Å². The van der Waals surface area contributed by atoms with Gasteiger partial charge in [-0.15, -0.1) is 11.3 Å². The Hall–Kier alpha value is -1.04. The zero-order valence-corrected chi connectivity index (χ0v) is 34.7. The molecule has 1 heterocycles. The topological polar surface area (TPSA) is 61.8 Å². The van der Waals surface area contributed by atoms with Crippen molar-refractivity contribution in [1.82, 2.24) is 0 Å². The van der Waals surface area contributed by atoms with Gasteiger partial charge < -0.3 is 13.6 Å². The number of rotatable bonds is 16. The van der Waals surface area contributed by atoms with E-state index in [9.17, 15) is 9.59 Å². The third kappa shape index (κ3) is 10.7. The highest BCUT2D eigenvalue weighted by Crippen LogP contribution is 2.52. The number of esters is 1. The first-order valence-corrected chi connectivity index (χ1v) is 24.7. The SMILES string of the molecule is COC(=O)CCC/C=C\C[C@H]1C(=O)CC(O[Si](C)(C)C(C)(C)C)[C@@H]1/C=C/CC(O[Si](C)(C)C(C)(C)C)C1(Cc2ccc(Cl)s2)CCC1. The third-order valence-corrected chi connectivity index (χ3v) is 21.9. The number of hydrogen-bond donors (Lipinski definition) is 0. The summed E-state index contributed by atoms with van der Waals surface area (Å²) in [6.45, 7) is 23.0. The number of ether oxygens (including phenoxy) is 1. The lowest BCUT2D eigenvalue weighted by Crippen LogP contribution is -2.52. The summed E-state index contributed by atoms with van der Waals surface area (Å²) in [4.78, 5) is 26.4. The Kier molecular flexibility index (Phi) is 14.0. The monoisotopic (exact) mass is 722 g/mol.